The highest BCUT2D eigenvalue weighted by Gasteiger charge is 2.19. The van der Waals surface area contributed by atoms with E-state index in [1.165, 1.54) is 0 Å². The summed E-state index contributed by atoms with van der Waals surface area (Å²) >= 11 is 1.67. The van der Waals surface area contributed by atoms with E-state index in [4.69, 9.17) is 5.73 Å². The Labute approximate surface area is 139 Å². The monoisotopic (exact) mass is 331 g/mol. The van der Waals surface area contributed by atoms with Gasteiger partial charge >= 0.3 is 0 Å². The van der Waals surface area contributed by atoms with Gasteiger partial charge in [-0.25, -0.2) is 15.0 Å². The molecule has 0 aromatic carbocycles. The molecule has 0 unspecified atom stereocenters. The van der Waals surface area contributed by atoms with Crippen LogP contribution in [0.5, 0.6) is 0 Å². The minimum absolute atomic E-state index is 0.616. The van der Waals surface area contributed by atoms with Gasteiger partial charge in [-0.2, -0.15) is 0 Å². The van der Waals surface area contributed by atoms with Crippen LogP contribution >= 0.6 is 11.3 Å². The van der Waals surface area contributed by atoms with Gasteiger partial charge in [0.1, 0.15) is 0 Å². The number of thiazole rings is 1. The van der Waals surface area contributed by atoms with Crippen LogP contribution in [0.15, 0.2) is 28.8 Å². The predicted octanol–water partition coefficient (Wildman–Crippen LogP) is 0.921. The first-order valence-electron chi connectivity index (χ1n) is 7.70. The summed E-state index contributed by atoms with van der Waals surface area (Å²) in [5.74, 6) is 1.40. The molecule has 0 bridgehead atoms. The Morgan fingerprint density at radius 2 is 2.00 bits per heavy atom. The van der Waals surface area contributed by atoms with Crippen LogP contribution in [0, 0.1) is 6.92 Å². The molecule has 3 rings (SSSR count). The quantitative estimate of drug-likeness (QED) is 0.662. The third-order valence-electron chi connectivity index (χ3n) is 3.75. The van der Waals surface area contributed by atoms with Crippen molar-refractivity contribution in [1.29, 1.82) is 0 Å². The number of aliphatic imine (C=N–C) groups is 1. The van der Waals surface area contributed by atoms with Crippen LogP contribution in [-0.2, 0) is 6.42 Å². The second kappa shape index (κ2) is 7.36. The Morgan fingerprint density at radius 3 is 2.65 bits per heavy atom. The first-order chi connectivity index (χ1) is 11.2. The van der Waals surface area contributed by atoms with Crippen molar-refractivity contribution in [2.45, 2.75) is 13.3 Å². The molecule has 0 atom stereocenters. The molecule has 1 fully saturated rings. The molecule has 1 aliphatic rings. The van der Waals surface area contributed by atoms with E-state index >= 15 is 0 Å². The molecule has 0 aliphatic carbocycles. The van der Waals surface area contributed by atoms with Gasteiger partial charge in [-0.15, -0.1) is 11.3 Å². The van der Waals surface area contributed by atoms with Crippen molar-refractivity contribution in [3.63, 3.8) is 0 Å². The van der Waals surface area contributed by atoms with Gasteiger partial charge < -0.3 is 15.5 Å². The third-order valence-corrected chi connectivity index (χ3v) is 4.57. The highest BCUT2D eigenvalue weighted by Crippen LogP contribution is 2.10. The van der Waals surface area contributed by atoms with Crippen molar-refractivity contribution < 1.29 is 0 Å². The molecule has 0 saturated carbocycles. The van der Waals surface area contributed by atoms with Crippen LogP contribution in [0.2, 0.25) is 0 Å². The number of anilines is 1. The lowest BCUT2D eigenvalue weighted by atomic mass is 10.3. The summed E-state index contributed by atoms with van der Waals surface area (Å²) in [5, 5.41) is 3.18. The Balaban J connectivity index is 1.47. The normalized spacial score (nSPS) is 16.0. The zero-order chi connectivity index (χ0) is 16.1. The zero-order valence-corrected chi connectivity index (χ0v) is 14.0. The average molecular weight is 331 g/mol. The maximum Gasteiger partial charge on any atom is 0.225 e. The van der Waals surface area contributed by atoms with E-state index in [-0.39, 0.29) is 0 Å². The number of nitrogens with zero attached hydrogens (tertiary/aromatic N) is 6. The molecular formula is C15H21N7S. The highest BCUT2D eigenvalue weighted by atomic mass is 32.1. The minimum atomic E-state index is 0.616. The van der Waals surface area contributed by atoms with Crippen LogP contribution in [0.25, 0.3) is 0 Å². The van der Waals surface area contributed by atoms with Gasteiger partial charge in [0, 0.05) is 56.9 Å². The molecular weight excluding hydrogens is 310 g/mol. The second-order valence-corrected chi connectivity index (χ2v) is 6.43. The number of nitrogens with two attached hydrogens (primary N) is 1. The van der Waals surface area contributed by atoms with Gasteiger partial charge in [0.15, 0.2) is 5.96 Å². The fourth-order valence-electron chi connectivity index (χ4n) is 2.50. The molecule has 0 radical (unpaired) electrons. The largest absolute Gasteiger partial charge is 0.370 e. The summed E-state index contributed by atoms with van der Waals surface area (Å²) < 4.78 is 0. The van der Waals surface area contributed by atoms with Gasteiger partial charge in [0.05, 0.1) is 10.7 Å². The van der Waals surface area contributed by atoms with Crippen LogP contribution < -0.4 is 10.6 Å². The molecule has 8 heteroatoms. The van der Waals surface area contributed by atoms with E-state index in [2.05, 4.69) is 35.1 Å². The molecule has 2 aromatic heterocycles. The molecule has 7 nitrogen and oxygen atoms in total. The summed E-state index contributed by atoms with van der Waals surface area (Å²) in [6.07, 6.45) is 4.37. The summed E-state index contributed by atoms with van der Waals surface area (Å²) in [6, 6.07) is 1.83. The summed E-state index contributed by atoms with van der Waals surface area (Å²) in [4.78, 5) is 21.8. The van der Waals surface area contributed by atoms with E-state index in [1.807, 2.05) is 13.0 Å². The SMILES string of the molecule is Cc1nc(CCN=C(N)N2CCN(c3ncccn3)CC2)cs1. The summed E-state index contributed by atoms with van der Waals surface area (Å²) in [6.45, 7) is 6.07. The molecule has 0 spiro atoms. The minimum Gasteiger partial charge on any atom is -0.370 e. The third kappa shape index (κ3) is 4.16. The molecule has 3 heterocycles. The number of aromatic nitrogens is 3. The van der Waals surface area contributed by atoms with Crippen LogP contribution in [0.1, 0.15) is 10.7 Å². The van der Waals surface area contributed by atoms with Crippen molar-refractivity contribution in [3.8, 4) is 0 Å². The Morgan fingerprint density at radius 1 is 1.26 bits per heavy atom. The molecule has 1 aliphatic heterocycles. The number of guanidine groups is 1. The smallest absolute Gasteiger partial charge is 0.225 e. The lowest BCUT2D eigenvalue weighted by Crippen LogP contribution is -2.51. The van der Waals surface area contributed by atoms with Crippen molar-refractivity contribution >= 4 is 23.2 Å². The van der Waals surface area contributed by atoms with Gasteiger partial charge in [-0.1, -0.05) is 0 Å². The maximum absolute atomic E-state index is 6.11. The standard InChI is InChI=1S/C15H21N7S/c1-12-20-13(11-23-12)3-6-17-14(16)21-7-9-22(10-8-21)15-18-4-2-5-19-15/h2,4-5,11H,3,6-10H2,1H3,(H2,16,17). The first kappa shape index (κ1) is 15.7. The summed E-state index contributed by atoms with van der Waals surface area (Å²) in [7, 11) is 0. The lowest BCUT2D eigenvalue weighted by Gasteiger charge is -2.35. The van der Waals surface area contributed by atoms with Crippen molar-refractivity contribution in [2.75, 3.05) is 37.6 Å². The maximum atomic E-state index is 6.11. The molecule has 0 amide bonds. The molecule has 1 saturated heterocycles. The topological polar surface area (TPSA) is 83.5 Å². The number of piperazine rings is 1. The van der Waals surface area contributed by atoms with Crippen LogP contribution in [0.3, 0.4) is 0 Å². The number of rotatable bonds is 4. The molecule has 23 heavy (non-hydrogen) atoms. The highest BCUT2D eigenvalue weighted by molar-refractivity contribution is 7.09. The zero-order valence-electron chi connectivity index (χ0n) is 13.2. The van der Waals surface area contributed by atoms with E-state index < -0.39 is 0 Å². The fourth-order valence-corrected chi connectivity index (χ4v) is 3.15. The van der Waals surface area contributed by atoms with E-state index in [0.717, 1.165) is 49.2 Å². The van der Waals surface area contributed by atoms with Crippen LogP contribution in [-0.4, -0.2) is 58.5 Å². The van der Waals surface area contributed by atoms with E-state index in [1.54, 1.807) is 23.7 Å². The molecule has 122 valence electrons. The lowest BCUT2D eigenvalue weighted by molar-refractivity contribution is 0.378. The second-order valence-electron chi connectivity index (χ2n) is 5.37. The molecule has 2 aromatic rings. The first-order valence-corrected chi connectivity index (χ1v) is 8.58. The van der Waals surface area contributed by atoms with Crippen molar-refractivity contribution in [2.24, 2.45) is 10.7 Å². The van der Waals surface area contributed by atoms with Crippen LogP contribution in [0.4, 0.5) is 5.95 Å². The number of aryl methyl sites for hydroxylation is 1. The average Bonchev–Trinajstić information content (AvgIpc) is 3.01. The van der Waals surface area contributed by atoms with E-state index in [0.29, 0.717) is 12.5 Å². The number of hydrogen-bond donors (Lipinski definition) is 1. The predicted molar refractivity (Wildman–Crippen MR) is 92.9 cm³/mol. The van der Waals surface area contributed by atoms with Crippen molar-refractivity contribution in [1.82, 2.24) is 19.9 Å². The fraction of sp³-hybridized carbons (Fsp3) is 0.467. The number of hydrogen-bond acceptors (Lipinski definition) is 6. The van der Waals surface area contributed by atoms with Gasteiger partial charge in [0.2, 0.25) is 5.95 Å². The Hall–Kier alpha value is -2.22. The van der Waals surface area contributed by atoms with Gasteiger partial charge in [-0.05, 0) is 13.0 Å². The summed E-state index contributed by atoms with van der Waals surface area (Å²) in [5.41, 5.74) is 7.20. The Bertz CT molecular complexity index is 647. The van der Waals surface area contributed by atoms with E-state index in [9.17, 15) is 0 Å². The Kier molecular flexibility index (Phi) is 5.02. The van der Waals surface area contributed by atoms with Gasteiger partial charge in [-0.3, -0.25) is 4.99 Å². The van der Waals surface area contributed by atoms with Crippen molar-refractivity contribution in [3.05, 3.63) is 34.5 Å². The molecule has 2 N–H and O–H groups in total. The van der Waals surface area contributed by atoms with Gasteiger partial charge in [0.25, 0.3) is 0 Å².